The zero-order valence-electron chi connectivity index (χ0n) is 14.8. The number of halogens is 2. The van der Waals surface area contributed by atoms with Gasteiger partial charge in [0.25, 0.3) is 5.91 Å². The molecule has 2 aromatic carbocycles. The third kappa shape index (κ3) is 3.92. The third-order valence-corrected chi connectivity index (χ3v) is 4.80. The molecule has 26 heavy (non-hydrogen) atoms. The second-order valence-corrected chi connectivity index (χ2v) is 7.11. The van der Waals surface area contributed by atoms with E-state index < -0.39 is 0 Å². The van der Waals surface area contributed by atoms with E-state index in [0.717, 1.165) is 17.0 Å². The maximum Gasteiger partial charge on any atom is 0.257 e. The van der Waals surface area contributed by atoms with E-state index in [4.69, 9.17) is 23.2 Å². The molecule has 0 bridgehead atoms. The van der Waals surface area contributed by atoms with Gasteiger partial charge in [-0.15, -0.1) is 0 Å². The van der Waals surface area contributed by atoms with Crippen molar-refractivity contribution in [3.05, 3.63) is 80.6 Å². The zero-order valence-corrected chi connectivity index (χ0v) is 16.3. The van der Waals surface area contributed by atoms with Crippen LogP contribution in [0.5, 0.6) is 0 Å². The van der Waals surface area contributed by atoms with Crippen LogP contribution in [-0.4, -0.2) is 15.7 Å². The topological polar surface area (TPSA) is 46.9 Å². The van der Waals surface area contributed by atoms with Gasteiger partial charge in [0.2, 0.25) is 0 Å². The number of hydrogen-bond acceptors (Lipinski definition) is 2. The highest BCUT2D eigenvalue weighted by Crippen LogP contribution is 2.25. The van der Waals surface area contributed by atoms with Crippen LogP contribution in [-0.2, 0) is 6.54 Å². The van der Waals surface area contributed by atoms with Crippen LogP contribution in [0, 0.1) is 20.8 Å². The summed E-state index contributed by atoms with van der Waals surface area (Å²) in [5, 5.41) is 8.29. The lowest BCUT2D eigenvalue weighted by Crippen LogP contribution is -2.14. The average molecular weight is 388 g/mol. The molecule has 4 nitrogen and oxygen atoms in total. The van der Waals surface area contributed by atoms with E-state index in [2.05, 4.69) is 41.6 Å². The van der Waals surface area contributed by atoms with Gasteiger partial charge in [0.15, 0.2) is 0 Å². The molecule has 1 aromatic heterocycles. The molecule has 0 saturated carbocycles. The maximum absolute atomic E-state index is 12.6. The smallest absolute Gasteiger partial charge is 0.257 e. The van der Waals surface area contributed by atoms with Crippen molar-refractivity contribution in [1.82, 2.24) is 9.78 Å². The predicted octanol–water partition coefficient (Wildman–Crippen LogP) is 5.42. The molecule has 0 aliphatic carbocycles. The minimum Gasteiger partial charge on any atom is -0.319 e. The second-order valence-electron chi connectivity index (χ2n) is 6.27. The Kier molecular flexibility index (Phi) is 5.35. The summed E-state index contributed by atoms with van der Waals surface area (Å²) in [5.74, 6) is -0.284. The molecular formula is C20H19Cl2N3O. The van der Waals surface area contributed by atoms with E-state index in [-0.39, 0.29) is 5.91 Å². The Morgan fingerprint density at radius 2 is 1.77 bits per heavy atom. The minimum atomic E-state index is -0.284. The number of nitrogens with one attached hydrogen (secondary N) is 1. The molecule has 134 valence electrons. The number of aryl methyl sites for hydroxylation is 2. The molecule has 0 fully saturated rings. The number of carbonyl (C=O) groups excluding carboxylic acids is 1. The number of hydrogen-bond donors (Lipinski definition) is 1. The first-order chi connectivity index (χ1) is 12.3. The van der Waals surface area contributed by atoms with Crippen LogP contribution < -0.4 is 5.32 Å². The van der Waals surface area contributed by atoms with Gasteiger partial charge in [-0.2, -0.15) is 5.10 Å². The zero-order chi connectivity index (χ0) is 18.8. The molecule has 0 spiro atoms. The Bertz CT molecular complexity index is 962. The van der Waals surface area contributed by atoms with Crippen LogP contribution in [0.15, 0.2) is 42.5 Å². The van der Waals surface area contributed by atoms with Gasteiger partial charge in [-0.3, -0.25) is 9.48 Å². The van der Waals surface area contributed by atoms with Crippen molar-refractivity contribution in [2.24, 2.45) is 0 Å². The molecule has 1 heterocycles. The Balaban J connectivity index is 1.83. The van der Waals surface area contributed by atoms with Crippen LogP contribution >= 0.6 is 23.2 Å². The molecule has 1 amide bonds. The first kappa shape index (κ1) is 18.5. The quantitative estimate of drug-likeness (QED) is 0.649. The molecule has 0 aliphatic heterocycles. The summed E-state index contributed by atoms with van der Waals surface area (Å²) in [6.07, 6.45) is 0. The van der Waals surface area contributed by atoms with Gasteiger partial charge in [-0.25, -0.2) is 0 Å². The number of aromatic nitrogens is 2. The molecule has 0 saturated heterocycles. The Morgan fingerprint density at radius 3 is 2.42 bits per heavy atom. The monoisotopic (exact) mass is 387 g/mol. The molecule has 0 atom stereocenters. The second kappa shape index (κ2) is 7.52. The van der Waals surface area contributed by atoms with Gasteiger partial charge < -0.3 is 5.32 Å². The van der Waals surface area contributed by atoms with Crippen molar-refractivity contribution in [3.8, 4) is 0 Å². The van der Waals surface area contributed by atoms with Crippen molar-refractivity contribution in [2.45, 2.75) is 27.3 Å². The fourth-order valence-corrected chi connectivity index (χ4v) is 3.25. The first-order valence-corrected chi connectivity index (χ1v) is 8.96. The number of anilines is 1. The van der Waals surface area contributed by atoms with Crippen molar-refractivity contribution >= 4 is 34.8 Å². The first-order valence-electron chi connectivity index (χ1n) is 8.21. The van der Waals surface area contributed by atoms with Gasteiger partial charge >= 0.3 is 0 Å². The van der Waals surface area contributed by atoms with Gasteiger partial charge in [0.1, 0.15) is 0 Å². The average Bonchev–Trinajstić information content (AvgIpc) is 2.84. The van der Waals surface area contributed by atoms with Crippen LogP contribution in [0.1, 0.15) is 32.9 Å². The maximum atomic E-state index is 12.6. The lowest BCUT2D eigenvalue weighted by Gasteiger charge is -2.09. The van der Waals surface area contributed by atoms with E-state index in [1.54, 1.807) is 18.2 Å². The molecule has 3 rings (SSSR count). The standard InChI is InChI=1S/C20H19Cl2N3O/c1-12-4-6-15(7-5-12)11-25-14(3)19(13(2)24-25)23-20(26)17-9-8-16(21)10-18(17)22/h4-10H,11H2,1-3H3,(H,23,26). The Hall–Kier alpha value is -2.30. The van der Waals surface area contributed by atoms with Gasteiger partial charge in [0, 0.05) is 5.02 Å². The van der Waals surface area contributed by atoms with Crippen LogP contribution in [0.4, 0.5) is 5.69 Å². The van der Waals surface area contributed by atoms with Gasteiger partial charge in [-0.1, -0.05) is 53.0 Å². The lowest BCUT2D eigenvalue weighted by atomic mass is 10.1. The van der Waals surface area contributed by atoms with Gasteiger partial charge in [0.05, 0.1) is 34.2 Å². The molecule has 3 aromatic rings. The SMILES string of the molecule is Cc1ccc(Cn2nc(C)c(NC(=O)c3ccc(Cl)cc3Cl)c2C)cc1. The Labute approximate surface area is 162 Å². The third-order valence-electron chi connectivity index (χ3n) is 4.25. The van der Waals surface area contributed by atoms with E-state index in [9.17, 15) is 4.79 Å². The molecular weight excluding hydrogens is 369 g/mol. The summed E-state index contributed by atoms with van der Waals surface area (Å²) in [6, 6.07) is 13.1. The molecule has 1 N–H and O–H groups in total. The molecule has 0 radical (unpaired) electrons. The van der Waals surface area contributed by atoms with Crippen molar-refractivity contribution in [1.29, 1.82) is 0 Å². The summed E-state index contributed by atoms with van der Waals surface area (Å²) in [4.78, 5) is 12.6. The highest BCUT2D eigenvalue weighted by atomic mass is 35.5. The van der Waals surface area contributed by atoms with E-state index in [1.165, 1.54) is 5.56 Å². The predicted molar refractivity (Wildman–Crippen MR) is 106 cm³/mol. The van der Waals surface area contributed by atoms with E-state index >= 15 is 0 Å². The number of amides is 1. The van der Waals surface area contributed by atoms with Gasteiger partial charge in [-0.05, 0) is 44.5 Å². The van der Waals surface area contributed by atoms with E-state index in [1.807, 2.05) is 18.5 Å². The summed E-state index contributed by atoms with van der Waals surface area (Å²) < 4.78 is 1.89. The molecule has 0 unspecified atom stereocenters. The highest BCUT2D eigenvalue weighted by molar-refractivity contribution is 6.37. The largest absolute Gasteiger partial charge is 0.319 e. The summed E-state index contributed by atoms with van der Waals surface area (Å²) in [6.45, 7) is 6.51. The molecule has 6 heteroatoms. The summed E-state index contributed by atoms with van der Waals surface area (Å²) in [7, 11) is 0. The summed E-state index contributed by atoms with van der Waals surface area (Å²) >= 11 is 12.0. The fraction of sp³-hybridized carbons (Fsp3) is 0.200. The van der Waals surface area contributed by atoms with Crippen LogP contribution in [0.2, 0.25) is 10.0 Å². The number of nitrogens with zero attached hydrogens (tertiary/aromatic N) is 2. The fourth-order valence-electron chi connectivity index (χ4n) is 2.75. The van der Waals surface area contributed by atoms with Crippen molar-refractivity contribution in [2.75, 3.05) is 5.32 Å². The summed E-state index contributed by atoms with van der Waals surface area (Å²) in [5.41, 5.74) is 5.10. The lowest BCUT2D eigenvalue weighted by molar-refractivity contribution is 0.102. The highest BCUT2D eigenvalue weighted by Gasteiger charge is 2.17. The number of carbonyl (C=O) groups is 1. The number of rotatable bonds is 4. The minimum absolute atomic E-state index is 0.284. The van der Waals surface area contributed by atoms with Crippen LogP contribution in [0.3, 0.4) is 0 Å². The van der Waals surface area contributed by atoms with Crippen molar-refractivity contribution < 1.29 is 4.79 Å². The Morgan fingerprint density at radius 1 is 1.08 bits per heavy atom. The van der Waals surface area contributed by atoms with E-state index in [0.29, 0.717) is 27.8 Å². The van der Waals surface area contributed by atoms with Crippen molar-refractivity contribution in [3.63, 3.8) is 0 Å². The number of benzene rings is 2. The molecule has 0 aliphatic rings. The van der Waals surface area contributed by atoms with Crippen LogP contribution in [0.25, 0.3) is 0 Å². The normalized spacial score (nSPS) is 10.8.